The summed E-state index contributed by atoms with van der Waals surface area (Å²) in [5.74, 6) is -0.399. The predicted molar refractivity (Wildman–Crippen MR) is 133 cm³/mol. The maximum Gasteiger partial charge on any atom is 0.255 e. The first-order valence-corrected chi connectivity index (χ1v) is 11.5. The molecule has 0 aliphatic rings. The van der Waals surface area contributed by atoms with E-state index in [1.54, 1.807) is 17.2 Å². The number of hydrogen-bond donors (Lipinski definition) is 1. The van der Waals surface area contributed by atoms with Crippen LogP contribution in [0.2, 0.25) is 0 Å². The van der Waals surface area contributed by atoms with Gasteiger partial charge in [-0.05, 0) is 32.4 Å². The molecule has 0 unspecified atom stereocenters. The molecule has 2 heterocycles. The highest BCUT2D eigenvalue weighted by atomic mass is 16.2. The molecule has 0 saturated carbocycles. The van der Waals surface area contributed by atoms with E-state index in [2.05, 4.69) is 10.4 Å². The standard InChI is InChI=1S/C27H29N5O2/c1-4-31(18-25(33)29-19(2)3)27(34)22-15-24(21-13-9-6-10-14-21)30-26-23(22)16-28-32(26)17-20-11-7-5-8-12-20/h5-16,19H,4,17-18H2,1-3H3,(H,29,33). The van der Waals surface area contributed by atoms with Crippen molar-refractivity contribution in [2.75, 3.05) is 13.1 Å². The van der Waals surface area contributed by atoms with Crippen molar-refractivity contribution in [3.63, 3.8) is 0 Å². The van der Waals surface area contributed by atoms with E-state index in [0.717, 1.165) is 11.1 Å². The van der Waals surface area contributed by atoms with Crippen molar-refractivity contribution in [3.8, 4) is 11.3 Å². The lowest BCUT2D eigenvalue weighted by Gasteiger charge is -2.22. The molecule has 0 aliphatic heterocycles. The minimum atomic E-state index is -0.217. The predicted octanol–water partition coefficient (Wildman–Crippen LogP) is 4.13. The highest BCUT2D eigenvalue weighted by Gasteiger charge is 2.23. The summed E-state index contributed by atoms with van der Waals surface area (Å²) in [5, 5.41) is 8.09. The molecule has 7 nitrogen and oxygen atoms in total. The number of hydrogen-bond acceptors (Lipinski definition) is 4. The Balaban J connectivity index is 1.78. The fourth-order valence-corrected chi connectivity index (χ4v) is 3.89. The third kappa shape index (κ3) is 5.14. The minimum absolute atomic E-state index is 0.00382. The third-order valence-corrected chi connectivity index (χ3v) is 5.54. The van der Waals surface area contributed by atoms with Crippen LogP contribution in [-0.4, -0.2) is 50.6 Å². The van der Waals surface area contributed by atoms with Crippen molar-refractivity contribution in [2.45, 2.75) is 33.4 Å². The molecular formula is C27H29N5O2. The molecule has 4 aromatic rings. The van der Waals surface area contributed by atoms with E-state index < -0.39 is 0 Å². The monoisotopic (exact) mass is 455 g/mol. The molecule has 2 amide bonds. The van der Waals surface area contributed by atoms with Crippen molar-refractivity contribution < 1.29 is 9.59 Å². The van der Waals surface area contributed by atoms with Crippen LogP contribution in [0.4, 0.5) is 0 Å². The minimum Gasteiger partial charge on any atom is -0.352 e. The lowest BCUT2D eigenvalue weighted by Crippen LogP contribution is -2.42. The molecule has 0 atom stereocenters. The van der Waals surface area contributed by atoms with E-state index in [4.69, 9.17) is 4.98 Å². The molecule has 174 valence electrons. The molecule has 0 radical (unpaired) electrons. The van der Waals surface area contributed by atoms with Crippen molar-refractivity contribution in [1.82, 2.24) is 25.0 Å². The van der Waals surface area contributed by atoms with E-state index in [9.17, 15) is 9.59 Å². The van der Waals surface area contributed by atoms with Crippen LogP contribution in [0.15, 0.2) is 72.9 Å². The van der Waals surface area contributed by atoms with Crippen LogP contribution in [0.1, 0.15) is 36.7 Å². The average Bonchev–Trinajstić information content (AvgIpc) is 3.25. The molecule has 2 aromatic carbocycles. The first kappa shape index (κ1) is 23.2. The number of carbonyl (C=O) groups is 2. The van der Waals surface area contributed by atoms with Gasteiger partial charge in [-0.1, -0.05) is 60.7 Å². The van der Waals surface area contributed by atoms with Gasteiger partial charge in [0.1, 0.15) is 0 Å². The Hall–Kier alpha value is -4.00. The number of pyridine rings is 1. The third-order valence-electron chi connectivity index (χ3n) is 5.54. The van der Waals surface area contributed by atoms with Crippen molar-refractivity contribution in [3.05, 3.63) is 84.1 Å². The number of aromatic nitrogens is 3. The topological polar surface area (TPSA) is 80.1 Å². The number of carbonyl (C=O) groups excluding carboxylic acids is 2. The highest BCUT2D eigenvalue weighted by molar-refractivity contribution is 6.07. The van der Waals surface area contributed by atoms with Crippen molar-refractivity contribution >= 4 is 22.8 Å². The Morgan fingerprint density at radius 3 is 2.35 bits per heavy atom. The van der Waals surface area contributed by atoms with Gasteiger partial charge in [-0.25, -0.2) is 9.67 Å². The van der Waals surface area contributed by atoms with Gasteiger partial charge in [-0.2, -0.15) is 5.10 Å². The summed E-state index contributed by atoms with van der Waals surface area (Å²) < 4.78 is 1.82. The second-order valence-electron chi connectivity index (χ2n) is 8.49. The summed E-state index contributed by atoms with van der Waals surface area (Å²) in [4.78, 5) is 32.5. The second-order valence-corrected chi connectivity index (χ2v) is 8.49. The molecule has 0 saturated heterocycles. The number of amides is 2. The zero-order valence-electron chi connectivity index (χ0n) is 19.7. The SMILES string of the molecule is CCN(CC(=O)NC(C)C)C(=O)c1cc(-c2ccccc2)nc2c1cnn2Cc1ccccc1. The number of fused-ring (bicyclic) bond motifs is 1. The van der Waals surface area contributed by atoms with Gasteiger partial charge in [0.15, 0.2) is 5.65 Å². The van der Waals surface area contributed by atoms with Gasteiger partial charge in [-0.3, -0.25) is 9.59 Å². The van der Waals surface area contributed by atoms with Gasteiger partial charge in [0.2, 0.25) is 5.91 Å². The second kappa shape index (κ2) is 10.3. The smallest absolute Gasteiger partial charge is 0.255 e. The normalized spacial score (nSPS) is 11.1. The number of nitrogens with zero attached hydrogens (tertiary/aromatic N) is 4. The van der Waals surface area contributed by atoms with Crippen molar-refractivity contribution in [1.29, 1.82) is 0 Å². The summed E-state index contributed by atoms with van der Waals surface area (Å²) in [5.41, 5.74) is 3.81. The zero-order valence-corrected chi connectivity index (χ0v) is 19.7. The lowest BCUT2D eigenvalue weighted by molar-refractivity contribution is -0.122. The Kier molecular flexibility index (Phi) is 7.01. The molecule has 7 heteroatoms. The number of rotatable bonds is 8. The first-order valence-electron chi connectivity index (χ1n) is 11.5. The number of benzene rings is 2. The molecule has 0 aliphatic carbocycles. The number of likely N-dealkylation sites (N-methyl/N-ethyl adjacent to an activating group) is 1. The summed E-state index contributed by atoms with van der Waals surface area (Å²) >= 11 is 0. The van der Waals surface area contributed by atoms with Crippen molar-refractivity contribution in [2.24, 2.45) is 0 Å². The summed E-state index contributed by atoms with van der Waals surface area (Å²) in [6.07, 6.45) is 1.69. The fraction of sp³-hybridized carbons (Fsp3) is 0.259. The van der Waals surface area contributed by atoms with Gasteiger partial charge >= 0.3 is 0 Å². The van der Waals surface area contributed by atoms with Gasteiger partial charge in [0.05, 0.1) is 35.9 Å². The van der Waals surface area contributed by atoms with E-state index in [1.807, 2.05) is 86.1 Å². The molecular weight excluding hydrogens is 426 g/mol. The first-order chi connectivity index (χ1) is 16.5. The zero-order chi connectivity index (χ0) is 24.1. The van der Waals surface area contributed by atoms with Crippen LogP contribution in [0.25, 0.3) is 22.3 Å². The van der Waals surface area contributed by atoms with Crippen LogP contribution >= 0.6 is 0 Å². The molecule has 0 spiro atoms. The van der Waals surface area contributed by atoms with Gasteiger partial charge in [0, 0.05) is 18.2 Å². The Labute approximate surface area is 199 Å². The van der Waals surface area contributed by atoms with E-state index in [-0.39, 0.29) is 24.4 Å². The molecule has 4 rings (SSSR count). The Morgan fingerprint density at radius 1 is 1.03 bits per heavy atom. The largest absolute Gasteiger partial charge is 0.352 e. The van der Waals surface area contributed by atoms with Crippen LogP contribution < -0.4 is 5.32 Å². The van der Waals surface area contributed by atoms with E-state index in [0.29, 0.717) is 35.4 Å². The lowest BCUT2D eigenvalue weighted by atomic mass is 10.1. The average molecular weight is 456 g/mol. The Morgan fingerprint density at radius 2 is 1.71 bits per heavy atom. The summed E-state index contributed by atoms with van der Waals surface area (Å²) in [6.45, 7) is 6.61. The quantitative estimate of drug-likeness (QED) is 0.433. The van der Waals surface area contributed by atoms with Crippen LogP contribution in [0.5, 0.6) is 0 Å². The highest BCUT2D eigenvalue weighted by Crippen LogP contribution is 2.26. The Bertz CT molecular complexity index is 1280. The van der Waals surface area contributed by atoms with Crippen LogP contribution in [0, 0.1) is 0 Å². The van der Waals surface area contributed by atoms with Gasteiger partial charge < -0.3 is 10.2 Å². The van der Waals surface area contributed by atoms with E-state index >= 15 is 0 Å². The maximum absolute atomic E-state index is 13.6. The fourth-order valence-electron chi connectivity index (χ4n) is 3.89. The van der Waals surface area contributed by atoms with Crippen LogP contribution in [-0.2, 0) is 11.3 Å². The number of nitrogens with one attached hydrogen (secondary N) is 1. The summed E-state index contributed by atoms with van der Waals surface area (Å²) in [7, 11) is 0. The molecule has 0 fully saturated rings. The van der Waals surface area contributed by atoms with Gasteiger partial charge in [0.25, 0.3) is 5.91 Å². The van der Waals surface area contributed by atoms with E-state index in [1.165, 1.54) is 0 Å². The van der Waals surface area contributed by atoms with Crippen LogP contribution in [0.3, 0.4) is 0 Å². The molecule has 34 heavy (non-hydrogen) atoms. The molecule has 0 bridgehead atoms. The summed E-state index contributed by atoms with van der Waals surface area (Å²) in [6, 6.07) is 21.6. The van der Waals surface area contributed by atoms with Gasteiger partial charge in [-0.15, -0.1) is 0 Å². The maximum atomic E-state index is 13.6. The molecule has 1 N–H and O–H groups in total. The molecule has 2 aromatic heterocycles.